The van der Waals surface area contributed by atoms with Gasteiger partial charge in [0.25, 0.3) is 0 Å². The minimum Gasteiger partial charge on any atom is -0.487 e. The molecular weight excluding hydrogens is 357 g/mol. The highest BCUT2D eigenvalue weighted by Gasteiger charge is 2.35. The van der Waals surface area contributed by atoms with E-state index in [0.29, 0.717) is 23.6 Å². The van der Waals surface area contributed by atoms with E-state index >= 15 is 0 Å². The predicted molar refractivity (Wildman–Crippen MR) is 78.9 cm³/mol. The van der Waals surface area contributed by atoms with Crippen molar-refractivity contribution in [2.75, 3.05) is 18.8 Å². The van der Waals surface area contributed by atoms with Crippen LogP contribution in [0.5, 0.6) is 5.75 Å². The number of hydrogen-bond donors (Lipinski definition) is 0. The van der Waals surface area contributed by atoms with Crippen LogP contribution in [0.4, 0.5) is 13.2 Å². The second-order valence-corrected chi connectivity index (χ2v) is 7.72. The molecule has 0 N–H and O–H groups in total. The van der Waals surface area contributed by atoms with Gasteiger partial charge in [0.15, 0.2) is 0 Å². The van der Waals surface area contributed by atoms with Crippen LogP contribution in [-0.2, 0) is 10.0 Å². The Morgan fingerprint density at radius 1 is 1.43 bits per heavy atom. The first kappa shape index (κ1) is 18.3. The first-order valence-electron chi connectivity index (χ1n) is 6.98. The summed E-state index contributed by atoms with van der Waals surface area (Å²) in [5.74, 6) is -0.569. The first-order chi connectivity index (χ1) is 10.7. The number of nitrogens with zero attached hydrogens (tertiary/aromatic N) is 2. The van der Waals surface area contributed by atoms with E-state index in [1.807, 2.05) is 0 Å². The van der Waals surface area contributed by atoms with E-state index in [2.05, 4.69) is 4.98 Å². The maximum Gasteiger partial charge on any atom is 0.390 e. The largest absolute Gasteiger partial charge is 0.487 e. The minimum absolute atomic E-state index is 0.0127. The van der Waals surface area contributed by atoms with Crippen molar-refractivity contribution in [1.29, 1.82) is 0 Å². The zero-order valence-corrected chi connectivity index (χ0v) is 13.7. The molecule has 2 heterocycles. The van der Waals surface area contributed by atoms with Crippen molar-refractivity contribution in [2.24, 2.45) is 0 Å². The van der Waals surface area contributed by atoms with Crippen LogP contribution >= 0.6 is 11.6 Å². The number of hydrogen-bond acceptors (Lipinski definition) is 4. The predicted octanol–water partition coefficient (Wildman–Crippen LogP) is 2.86. The molecule has 0 saturated carbocycles. The zero-order chi connectivity index (χ0) is 17.1. The van der Waals surface area contributed by atoms with Crippen LogP contribution in [0.2, 0.25) is 5.02 Å². The maximum atomic E-state index is 12.2. The van der Waals surface area contributed by atoms with E-state index in [0.717, 1.165) is 4.31 Å². The molecule has 0 radical (unpaired) electrons. The van der Waals surface area contributed by atoms with Crippen LogP contribution in [0.1, 0.15) is 19.3 Å². The Kier molecular flexibility index (Phi) is 5.74. The molecule has 1 fully saturated rings. The Hall–Kier alpha value is -1.06. The fourth-order valence-electron chi connectivity index (χ4n) is 2.27. The standard InChI is InChI=1S/C13H16ClF3N2O3S/c14-11-8-18-5-3-12(11)22-10-2-1-6-19(9-10)23(20,21)7-4-13(15,16)17/h3,5,8,10H,1-2,4,6-7,9H2. The molecule has 1 aliphatic heterocycles. The van der Waals surface area contributed by atoms with Gasteiger partial charge in [0.05, 0.1) is 18.7 Å². The van der Waals surface area contributed by atoms with Gasteiger partial charge in [-0.2, -0.15) is 17.5 Å². The molecule has 0 spiro atoms. The Morgan fingerprint density at radius 3 is 2.83 bits per heavy atom. The molecular formula is C13H16ClF3N2O3S. The van der Waals surface area contributed by atoms with Crippen LogP contribution in [0.25, 0.3) is 0 Å². The summed E-state index contributed by atoms with van der Waals surface area (Å²) in [6.07, 6.45) is -2.30. The van der Waals surface area contributed by atoms with Crippen molar-refractivity contribution in [1.82, 2.24) is 9.29 Å². The first-order valence-corrected chi connectivity index (χ1v) is 8.97. The molecule has 23 heavy (non-hydrogen) atoms. The van der Waals surface area contributed by atoms with Crippen molar-refractivity contribution in [3.63, 3.8) is 0 Å². The van der Waals surface area contributed by atoms with Crippen molar-refractivity contribution in [3.8, 4) is 5.75 Å². The van der Waals surface area contributed by atoms with Gasteiger partial charge in [-0.1, -0.05) is 11.6 Å². The van der Waals surface area contributed by atoms with Gasteiger partial charge in [0.2, 0.25) is 10.0 Å². The van der Waals surface area contributed by atoms with Gasteiger partial charge >= 0.3 is 6.18 Å². The SMILES string of the molecule is O=S(=O)(CCC(F)(F)F)N1CCCC(Oc2ccncc2Cl)C1. The molecule has 1 aliphatic rings. The van der Waals surface area contributed by atoms with Crippen molar-refractivity contribution in [3.05, 3.63) is 23.5 Å². The Balaban J connectivity index is 1.99. The van der Waals surface area contributed by atoms with Crippen molar-refractivity contribution >= 4 is 21.6 Å². The van der Waals surface area contributed by atoms with E-state index in [-0.39, 0.29) is 13.1 Å². The summed E-state index contributed by atoms with van der Waals surface area (Å²) in [5.41, 5.74) is 0. The number of alkyl halides is 3. The van der Waals surface area contributed by atoms with E-state index in [9.17, 15) is 21.6 Å². The second kappa shape index (κ2) is 7.23. The van der Waals surface area contributed by atoms with Gasteiger partial charge < -0.3 is 4.74 Å². The molecule has 0 aromatic carbocycles. The van der Waals surface area contributed by atoms with Crippen LogP contribution in [-0.4, -0.2) is 48.8 Å². The zero-order valence-electron chi connectivity index (χ0n) is 12.1. The Morgan fingerprint density at radius 2 is 2.17 bits per heavy atom. The van der Waals surface area contributed by atoms with Crippen molar-refractivity contribution < 1.29 is 26.3 Å². The van der Waals surface area contributed by atoms with E-state index in [1.165, 1.54) is 12.4 Å². The highest BCUT2D eigenvalue weighted by molar-refractivity contribution is 7.89. The summed E-state index contributed by atoms with van der Waals surface area (Å²) >= 11 is 5.93. The number of aromatic nitrogens is 1. The minimum atomic E-state index is -4.50. The third-order valence-electron chi connectivity index (χ3n) is 3.41. The highest BCUT2D eigenvalue weighted by atomic mass is 35.5. The summed E-state index contributed by atoms with van der Waals surface area (Å²) in [7, 11) is -3.96. The van der Waals surface area contributed by atoms with E-state index < -0.39 is 34.5 Å². The number of sulfonamides is 1. The fraction of sp³-hybridized carbons (Fsp3) is 0.615. The Labute approximate surface area is 137 Å². The third-order valence-corrected chi connectivity index (χ3v) is 5.53. The fourth-order valence-corrected chi connectivity index (χ4v) is 3.98. The summed E-state index contributed by atoms with van der Waals surface area (Å²) in [6.45, 7) is 0.211. The van der Waals surface area contributed by atoms with Gasteiger partial charge in [-0.25, -0.2) is 8.42 Å². The topological polar surface area (TPSA) is 59.5 Å². The average molecular weight is 373 g/mol. The molecule has 1 aromatic heterocycles. The lowest BCUT2D eigenvalue weighted by Gasteiger charge is -2.32. The maximum absolute atomic E-state index is 12.2. The highest BCUT2D eigenvalue weighted by Crippen LogP contribution is 2.27. The molecule has 1 aromatic rings. The molecule has 130 valence electrons. The molecule has 1 unspecified atom stereocenters. The molecule has 0 bridgehead atoms. The molecule has 1 saturated heterocycles. The number of halogens is 4. The van der Waals surface area contributed by atoms with E-state index in [4.69, 9.17) is 16.3 Å². The van der Waals surface area contributed by atoms with Crippen molar-refractivity contribution in [2.45, 2.75) is 31.5 Å². The monoisotopic (exact) mass is 372 g/mol. The molecule has 2 rings (SSSR count). The molecule has 10 heteroatoms. The molecule has 0 aliphatic carbocycles. The van der Waals surface area contributed by atoms with Crippen LogP contribution in [0.15, 0.2) is 18.5 Å². The lowest BCUT2D eigenvalue weighted by Crippen LogP contribution is -2.45. The normalized spacial score (nSPS) is 20.4. The Bertz CT molecular complexity index is 640. The van der Waals surface area contributed by atoms with Gasteiger partial charge in [-0.05, 0) is 12.8 Å². The van der Waals surface area contributed by atoms with Gasteiger partial charge in [-0.15, -0.1) is 0 Å². The molecule has 0 amide bonds. The number of rotatable bonds is 5. The summed E-state index contributed by atoms with van der Waals surface area (Å²) in [6, 6.07) is 1.55. The van der Waals surface area contributed by atoms with Crippen LogP contribution in [0.3, 0.4) is 0 Å². The van der Waals surface area contributed by atoms with Crippen LogP contribution < -0.4 is 4.74 Å². The number of ether oxygens (including phenoxy) is 1. The lowest BCUT2D eigenvalue weighted by atomic mass is 10.1. The molecule has 5 nitrogen and oxygen atoms in total. The van der Waals surface area contributed by atoms with Crippen LogP contribution in [0, 0.1) is 0 Å². The van der Waals surface area contributed by atoms with Gasteiger partial charge in [-0.3, -0.25) is 4.98 Å². The second-order valence-electron chi connectivity index (χ2n) is 5.23. The summed E-state index contributed by atoms with van der Waals surface area (Å²) in [5, 5.41) is 0.296. The number of pyridine rings is 1. The lowest BCUT2D eigenvalue weighted by molar-refractivity contribution is -0.130. The van der Waals surface area contributed by atoms with Gasteiger partial charge in [0.1, 0.15) is 16.9 Å². The summed E-state index contributed by atoms with van der Waals surface area (Å²) < 4.78 is 67.5. The quantitative estimate of drug-likeness (QED) is 0.797. The molecule has 1 atom stereocenters. The third kappa shape index (κ3) is 5.50. The summed E-state index contributed by atoms with van der Waals surface area (Å²) in [4.78, 5) is 3.81. The number of piperidine rings is 1. The smallest absolute Gasteiger partial charge is 0.390 e. The van der Waals surface area contributed by atoms with Gasteiger partial charge in [0, 0.05) is 25.0 Å². The van der Waals surface area contributed by atoms with E-state index in [1.54, 1.807) is 6.07 Å². The average Bonchev–Trinajstić information content (AvgIpc) is 2.47.